The zero-order valence-electron chi connectivity index (χ0n) is 16.1. The van der Waals surface area contributed by atoms with Crippen molar-refractivity contribution in [3.05, 3.63) is 54.0 Å². The van der Waals surface area contributed by atoms with Gasteiger partial charge < -0.3 is 10.6 Å². The molecule has 0 atom stereocenters. The summed E-state index contributed by atoms with van der Waals surface area (Å²) in [5, 5.41) is 5.93. The molecule has 3 rings (SSSR count). The van der Waals surface area contributed by atoms with Gasteiger partial charge in [-0.3, -0.25) is 14.6 Å². The number of nitrogens with one attached hydrogen (secondary N) is 2. The number of carbonyl (C=O) groups is 2. The van der Waals surface area contributed by atoms with E-state index in [4.69, 9.17) is 0 Å². The van der Waals surface area contributed by atoms with Gasteiger partial charge in [0.1, 0.15) is 5.82 Å². The van der Waals surface area contributed by atoms with Gasteiger partial charge in [0.2, 0.25) is 5.91 Å². The molecule has 0 saturated heterocycles. The first-order valence-electron chi connectivity index (χ1n) is 9.78. The minimum absolute atomic E-state index is 0.0120. The lowest BCUT2D eigenvalue weighted by Crippen LogP contribution is -2.38. The monoisotopic (exact) mass is 383 g/mol. The summed E-state index contributed by atoms with van der Waals surface area (Å²) in [5.74, 6) is 0.180. The first kappa shape index (κ1) is 20.0. The van der Waals surface area contributed by atoms with Gasteiger partial charge in [-0.2, -0.15) is 0 Å². The Labute approximate surface area is 164 Å². The van der Waals surface area contributed by atoms with Crippen LogP contribution in [-0.4, -0.2) is 29.4 Å². The number of halogens is 1. The van der Waals surface area contributed by atoms with Crippen LogP contribution in [0.4, 0.5) is 4.39 Å². The smallest absolute Gasteiger partial charge is 0.253 e. The topological polar surface area (TPSA) is 71.1 Å². The highest BCUT2D eigenvalue weighted by molar-refractivity contribution is 5.94. The lowest BCUT2D eigenvalue weighted by atomic mass is 9.84. The van der Waals surface area contributed by atoms with Crippen molar-refractivity contribution in [2.45, 2.75) is 45.1 Å². The van der Waals surface area contributed by atoms with Crippen LogP contribution in [0.5, 0.6) is 0 Å². The Balaban J connectivity index is 1.48. The zero-order valence-corrected chi connectivity index (χ0v) is 16.1. The molecule has 1 aliphatic carbocycles. The highest BCUT2D eigenvalue weighted by atomic mass is 19.1. The van der Waals surface area contributed by atoms with Crippen LogP contribution in [0.3, 0.4) is 0 Å². The summed E-state index contributed by atoms with van der Waals surface area (Å²) >= 11 is 0. The quantitative estimate of drug-likeness (QED) is 0.799. The second kappa shape index (κ2) is 9.44. The van der Waals surface area contributed by atoms with E-state index in [-0.39, 0.29) is 23.7 Å². The SMILES string of the molecule is CC(=O)NCC[C@H]1CC[C@H](NC(=O)c2ccc(-c3cccc(F)c3)nc2)CC1. The maximum absolute atomic E-state index is 13.3. The Morgan fingerprint density at radius 3 is 2.57 bits per heavy atom. The van der Waals surface area contributed by atoms with Gasteiger partial charge in [-0.25, -0.2) is 4.39 Å². The van der Waals surface area contributed by atoms with Gasteiger partial charge in [0.05, 0.1) is 11.3 Å². The molecular weight excluding hydrogens is 357 g/mol. The largest absolute Gasteiger partial charge is 0.356 e. The molecule has 28 heavy (non-hydrogen) atoms. The number of amides is 2. The summed E-state index contributed by atoms with van der Waals surface area (Å²) in [6.07, 6.45) is 6.54. The van der Waals surface area contributed by atoms with Crippen molar-refractivity contribution in [3.8, 4) is 11.3 Å². The Morgan fingerprint density at radius 2 is 1.93 bits per heavy atom. The summed E-state index contributed by atoms with van der Waals surface area (Å²) in [4.78, 5) is 27.7. The lowest BCUT2D eigenvalue weighted by Gasteiger charge is -2.29. The van der Waals surface area contributed by atoms with E-state index in [0.29, 0.717) is 22.7 Å². The third-order valence-corrected chi connectivity index (χ3v) is 5.25. The van der Waals surface area contributed by atoms with Crippen molar-refractivity contribution in [1.82, 2.24) is 15.6 Å². The van der Waals surface area contributed by atoms with Crippen molar-refractivity contribution in [2.24, 2.45) is 5.92 Å². The van der Waals surface area contributed by atoms with Crippen LogP contribution in [-0.2, 0) is 4.79 Å². The zero-order chi connectivity index (χ0) is 19.9. The predicted molar refractivity (Wildman–Crippen MR) is 106 cm³/mol. The lowest BCUT2D eigenvalue weighted by molar-refractivity contribution is -0.119. The molecule has 148 valence electrons. The van der Waals surface area contributed by atoms with E-state index >= 15 is 0 Å². The summed E-state index contributed by atoms with van der Waals surface area (Å²) in [6, 6.07) is 9.87. The van der Waals surface area contributed by atoms with Gasteiger partial charge in [-0.1, -0.05) is 12.1 Å². The number of rotatable bonds is 6. The first-order chi connectivity index (χ1) is 13.5. The summed E-state index contributed by atoms with van der Waals surface area (Å²) in [6.45, 7) is 2.26. The molecule has 1 aliphatic rings. The molecule has 0 unspecified atom stereocenters. The number of nitrogens with zero attached hydrogens (tertiary/aromatic N) is 1. The van der Waals surface area contributed by atoms with Crippen LogP contribution in [0.15, 0.2) is 42.6 Å². The third kappa shape index (κ3) is 5.62. The molecule has 0 aliphatic heterocycles. The molecule has 1 heterocycles. The fourth-order valence-electron chi connectivity index (χ4n) is 3.66. The summed E-state index contributed by atoms with van der Waals surface area (Å²) < 4.78 is 13.3. The summed E-state index contributed by atoms with van der Waals surface area (Å²) in [7, 11) is 0. The molecule has 6 heteroatoms. The second-order valence-corrected chi connectivity index (χ2v) is 7.41. The van der Waals surface area contributed by atoms with Crippen LogP contribution in [0.2, 0.25) is 0 Å². The van der Waals surface area contributed by atoms with E-state index in [9.17, 15) is 14.0 Å². The minimum atomic E-state index is -0.311. The molecule has 2 aromatic rings. The highest BCUT2D eigenvalue weighted by Gasteiger charge is 2.22. The van der Waals surface area contributed by atoms with Gasteiger partial charge in [-0.15, -0.1) is 0 Å². The first-order valence-corrected chi connectivity index (χ1v) is 9.78. The molecule has 0 spiro atoms. The van der Waals surface area contributed by atoms with Crippen molar-refractivity contribution in [2.75, 3.05) is 6.54 Å². The van der Waals surface area contributed by atoms with Crippen LogP contribution >= 0.6 is 0 Å². The van der Waals surface area contributed by atoms with Gasteiger partial charge in [0, 0.05) is 31.3 Å². The second-order valence-electron chi connectivity index (χ2n) is 7.41. The molecule has 5 nitrogen and oxygen atoms in total. The maximum Gasteiger partial charge on any atom is 0.253 e. The van der Waals surface area contributed by atoms with Crippen LogP contribution in [0, 0.1) is 11.7 Å². The Morgan fingerprint density at radius 1 is 1.14 bits per heavy atom. The van der Waals surface area contributed by atoms with Crippen molar-refractivity contribution in [3.63, 3.8) is 0 Å². The van der Waals surface area contributed by atoms with E-state index in [1.54, 1.807) is 24.3 Å². The predicted octanol–water partition coefficient (Wildman–Crippen LogP) is 3.70. The molecule has 0 bridgehead atoms. The molecule has 2 N–H and O–H groups in total. The standard InChI is InChI=1S/C22H26FN3O2/c1-15(27)24-12-11-16-5-8-20(9-6-16)26-22(28)18-7-10-21(25-14-18)17-3-2-4-19(23)13-17/h2-4,7,10,13-14,16,20H,5-6,8-9,11-12H2,1H3,(H,24,27)(H,26,28)/t16-,20-. The molecule has 1 fully saturated rings. The molecule has 1 aromatic heterocycles. The number of benzene rings is 1. The molecular formula is C22H26FN3O2. The van der Waals surface area contributed by atoms with E-state index in [0.717, 1.165) is 38.6 Å². The average Bonchev–Trinajstić information content (AvgIpc) is 2.69. The van der Waals surface area contributed by atoms with Gasteiger partial charge in [0.25, 0.3) is 5.91 Å². The Kier molecular flexibility index (Phi) is 6.74. The highest BCUT2D eigenvalue weighted by Crippen LogP contribution is 2.27. The van der Waals surface area contributed by atoms with Gasteiger partial charge in [0.15, 0.2) is 0 Å². The van der Waals surface area contributed by atoms with Crippen molar-refractivity contribution in [1.29, 1.82) is 0 Å². The van der Waals surface area contributed by atoms with Crippen LogP contribution in [0.1, 0.15) is 49.4 Å². The Bertz CT molecular complexity index is 815. The van der Waals surface area contributed by atoms with Gasteiger partial charge in [-0.05, 0) is 62.3 Å². The summed E-state index contributed by atoms with van der Waals surface area (Å²) in [5.41, 5.74) is 1.83. The number of aromatic nitrogens is 1. The van der Waals surface area contributed by atoms with Crippen LogP contribution in [0.25, 0.3) is 11.3 Å². The molecule has 0 radical (unpaired) electrons. The Hall–Kier alpha value is -2.76. The van der Waals surface area contributed by atoms with Gasteiger partial charge >= 0.3 is 0 Å². The average molecular weight is 383 g/mol. The van der Waals surface area contributed by atoms with Crippen molar-refractivity contribution >= 4 is 11.8 Å². The third-order valence-electron chi connectivity index (χ3n) is 5.25. The normalized spacial score (nSPS) is 19.1. The number of hydrogen-bond acceptors (Lipinski definition) is 3. The van der Waals surface area contributed by atoms with E-state index in [2.05, 4.69) is 15.6 Å². The number of carbonyl (C=O) groups excluding carboxylic acids is 2. The van der Waals surface area contributed by atoms with Crippen molar-refractivity contribution < 1.29 is 14.0 Å². The fraction of sp³-hybridized carbons (Fsp3) is 0.409. The maximum atomic E-state index is 13.3. The van der Waals surface area contributed by atoms with E-state index in [1.165, 1.54) is 25.3 Å². The van der Waals surface area contributed by atoms with E-state index < -0.39 is 0 Å². The van der Waals surface area contributed by atoms with Crippen LogP contribution < -0.4 is 10.6 Å². The minimum Gasteiger partial charge on any atom is -0.356 e. The van der Waals surface area contributed by atoms with E-state index in [1.807, 2.05) is 0 Å². The molecule has 1 saturated carbocycles. The number of hydrogen-bond donors (Lipinski definition) is 2. The number of pyridine rings is 1. The fourth-order valence-corrected chi connectivity index (χ4v) is 3.66. The molecule has 2 amide bonds. The molecule has 1 aromatic carbocycles.